The van der Waals surface area contributed by atoms with Crippen molar-refractivity contribution in [1.29, 1.82) is 0 Å². The number of hydrogen-bond acceptors (Lipinski definition) is 6. The number of methoxy groups -OCH3 is 2. The van der Waals surface area contributed by atoms with E-state index >= 15 is 0 Å². The monoisotopic (exact) mass is 164 g/mol. The molecule has 0 unspecified atom stereocenters. The molecule has 0 fully saturated rings. The average molecular weight is 164 g/mol. The predicted octanol–water partition coefficient (Wildman–Crippen LogP) is 0.510. The van der Waals surface area contributed by atoms with Gasteiger partial charge in [0.15, 0.2) is 0 Å². The molecule has 0 saturated heterocycles. The van der Waals surface area contributed by atoms with Gasteiger partial charge < -0.3 is 18.9 Å². The molecule has 0 spiro atoms. The van der Waals surface area contributed by atoms with Gasteiger partial charge in [0, 0.05) is 0 Å². The molecule has 0 aliphatic rings. The molecule has 0 atom stereocenters. The molecule has 0 amide bonds. The molecule has 11 heavy (non-hydrogen) atoms. The molecular formula is C5H8O6. The van der Waals surface area contributed by atoms with Crippen molar-refractivity contribution >= 4 is 12.3 Å². The van der Waals surface area contributed by atoms with Gasteiger partial charge in [-0.3, -0.25) is 0 Å². The average Bonchev–Trinajstić information content (AvgIpc) is 2.04. The number of carbonyl (C=O) groups is 2. The van der Waals surface area contributed by atoms with Crippen molar-refractivity contribution in [2.24, 2.45) is 0 Å². The molecule has 0 aliphatic carbocycles. The van der Waals surface area contributed by atoms with Gasteiger partial charge in [0.1, 0.15) is 0 Å². The SMILES string of the molecule is COC(=O)OCOC(=O)OC. The van der Waals surface area contributed by atoms with Crippen LogP contribution in [0, 0.1) is 0 Å². The van der Waals surface area contributed by atoms with Crippen molar-refractivity contribution in [2.45, 2.75) is 0 Å². The lowest BCUT2D eigenvalue weighted by Gasteiger charge is -2.02. The third-order valence-electron chi connectivity index (χ3n) is 0.687. The Bertz CT molecular complexity index is 126. The van der Waals surface area contributed by atoms with Crippen molar-refractivity contribution < 1.29 is 28.5 Å². The Kier molecular flexibility index (Phi) is 4.63. The van der Waals surface area contributed by atoms with Crippen molar-refractivity contribution in [2.75, 3.05) is 21.0 Å². The van der Waals surface area contributed by atoms with Gasteiger partial charge in [0.2, 0.25) is 6.79 Å². The van der Waals surface area contributed by atoms with Crippen LogP contribution in [-0.2, 0) is 18.9 Å². The minimum Gasteiger partial charge on any atom is -0.438 e. The molecule has 0 aromatic heterocycles. The molecule has 0 radical (unpaired) electrons. The van der Waals surface area contributed by atoms with E-state index < -0.39 is 19.1 Å². The van der Waals surface area contributed by atoms with Crippen molar-refractivity contribution in [3.05, 3.63) is 0 Å². The van der Waals surface area contributed by atoms with Crippen molar-refractivity contribution in [3.63, 3.8) is 0 Å². The molecule has 0 saturated carbocycles. The minimum absolute atomic E-state index is 0.515. The summed E-state index contributed by atoms with van der Waals surface area (Å²) in [5.41, 5.74) is 0. The maximum atomic E-state index is 10.2. The minimum atomic E-state index is -0.922. The van der Waals surface area contributed by atoms with E-state index in [2.05, 4.69) is 18.9 Å². The lowest BCUT2D eigenvalue weighted by Crippen LogP contribution is -2.12. The molecule has 6 heteroatoms. The number of rotatable bonds is 2. The fourth-order valence-electron chi connectivity index (χ4n) is 0.244. The van der Waals surface area contributed by atoms with E-state index in [0.717, 1.165) is 14.2 Å². The summed E-state index contributed by atoms with van der Waals surface area (Å²) in [4.78, 5) is 20.4. The zero-order valence-electron chi connectivity index (χ0n) is 6.16. The van der Waals surface area contributed by atoms with Crippen LogP contribution in [0.2, 0.25) is 0 Å². The Morgan fingerprint density at radius 3 is 1.64 bits per heavy atom. The van der Waals surface area contributed by atoms with Crippen LogP contribution in [0.4, 0.5) is 9.59 Å². The Morgan fingerprint density at radius 2 is 1.36 bits per heavy atom. The normalized spacial score (nSPS) is 8.18. The largest absolute Gasteiger partial charge is 0.510 e. The van der Waals surface area contributed by atoms with E-state index in [1.165, 1.54) is 0 Å². The summed E-state index contributed by atoms with van der Waals surface area (Å²) in [6.45, 7) is -0.515. The van der Waals surface area contributed by atoms with E-state index in [1.807, 2.05) is 0 Å². The van der Waals surface area contributed by atoms with Gasteiger partial charge in [-0.1, -0.05) is 0 Å². The Morgan fingerprint density at radius 1 is 1.00 bits per heavy atom. The van der Waals surface area contributed by atoms with Crippen LogP contribution in [0.1, 0.15) is 0 Å². The number of hydrogen-bond donors (Lipinski definition) is 0. The topological polar surface area (TPSA) is 71.1 Å². The van der Waals surface area contributed by atoms with Gasteiger partial charge in [-0.25, -0.2) is 9.59 Å². The maximum absolute atomic E-state index is 10.2. The van der Waals surface area contributed by atoms with Crippen LogP contribution in [0.3, 0.4) is 0 Å². The zero-order valence-corrected chi connectivity index (χ0v) is 6.16. The highest BCUT2D eigenvalue weighted by molar-refractivity contribution is 5.61. The standard InChI is InChI=1S/C5H8O6/c1-8-4(6)10-3-11-5(7)9-2/h3H2,1-2H3. The second kappa shape index (κ2) is 5.33. The molecule has 0 N–H and O–H groups in total. The van der Waals surface area contributed by atoms with Crippen molar-refractivity contribution in [3.8, 4) is 0 Å². The first-order valence-corrected chi connectivity index (χ1v) is 2.62. The number of carbonyl (C=O) groups excluding carboxylic acids is 2. The smallest absolute Gasteiger partial charge is 0.438 e. The highest BCUT2D eigenvalue weighted by atomic mass is 16.8. The predicted molar refractivity (Wildman–Crippen MR) is 31.8 cm³/mol. The third-order valence-corrected chi connectivity index (χ3v) is 0.687. The van der Waals surface area contributed by atoms with Crippen LogP contribution in [-0.4, -0.2) is 33.3 Å². The first-order chi connectivity index (χ1) is 5.20. The van der Waals surface area contributed by atoms with E-state index in [-0.39, 0.29) is 0 Å². The van der Waals surface area contributed by atoms with Gasteiger partial charge in [-0.2, -0.15) is 0 Å². The van der Waals surface area contributed by atoms with Crippen LogP contribution >= 0.6 is 0 Å². The second-order valence-corrected chi connectivity index (χ2v) is 1.31. The Hall–Kier alpha value is -1.46. The first-order valence-electron chi connectivity index (χ1n) is 2.62. The summed E-state index contributed by atoms with van der Waals surface area (Å²) in [5.74, 6) is 0. The molecule has 0 aliphatic heterocycles. The molecule has 0 aromatic rings. The molecular weight excluding hydrogens is 156 g/mol. The Balaban J connectivity index is 3.27. The Labute approximate surface area is 63.0 Å². The highest BCUT2D eigenvalue weighted by Crippen LogP contribution is 1.86. The summed E-state index contributed by atoms with van der Waals surface area (Å²) in [6.07, 6.45) is -1.84. The fraction of sp³-hybridized carbons (Fsp3) is 0.600. The van der Waals surface area contributed by atoms with Gasteiger partial charge in [0.25, 0.3) is 0 Å². The van der Waals surface area contributed by atoms with Crippen LogP contribution in [0.25, 0.3) is 0 Å². The van der Waals surface area contributed by atoms with E-state index in [9.17, 15) is 9.59 Å². The zero-order chi connectivity index (χ0) is 8.69. The lowest BCUT2D eigenvalue weighted by atomic mass is 11.2. The molecule has 64 valence electrons. The van der Waals surface area contributed by atoms with Gasteiger partial charge >= 0.3 is 12.3 Å². The van der Waals surface area contributed by atoms with E-state index in [1.54, 1.807) is 0 Å². The van der Waals surface area contributed by atoms with Crippen LogP contribution < -0.4 is 0 Å². The van der Waals surface area contributed by atoms with Gasteiger partial charge in [-0.05, 0) is 0 Å². The second-order valence-electron chi connectivity index (χ2n) is 1.31. The van der Waals surface area contributed by atoms with Crippen molar-refractivity contribution in [1.82, 2.24) is 0 Å². The lowest BCUT2D eigenvalue weighted by molar-refractivity contribution is -0.0282. The first kappa shape index (κ1) is 9.54. The number of ether oxygens (including phenoxy) is 4. The molecule has 0 aromatic carbocycles. The van der Waals surface area contributed by atoms with Crippen LogP contribution in [0.15, 0.2) is 0 Å². The maximum Gasteiger partial charge on any atom is 0.510 e. The molecule has 0 heterocycles. The fourth-order valence-corrected chi connectivity index (χ4v) is 0.244. The summed E-state index contributed by atoms with van der Waals surface area (Å²) < 4.78 is 16.5. The third kappa shape index (κ3) is 5.01. The summed E-state index contributed by atoms with van der Waals surface area (Å²) in [6, 6.07) is 0. The molecule has 0 bridgehead atoms. The van der Waals surface area contributed by atoms with Gasteiger partial charge in [-0.15, -0.1) is 0 Å². The summed E-state index contributed by atoms with van der Waals surface area (Å²) in [5, 5.41) is 0. The van der Waals surface area contributed by atoms with Gasteiger partial charge in [0.05, 0.1) is 14.2 Å². The summed E-state index contributed by atoms with van der Waals surface area (Å²) >= 11 is 0. The highest BCUT2D eigenvalue weighted by Gasteiger charge is 2.03. The molecule has 0 rings (SSSR count). The summed E-state index contributed by atoms with van der Waals surface area (Å²) in [7, 11) is 2.28. The van der Waals surface area contributed by atoms with E-state index in [4.69, 9.17) is 0 Å². The molecule has 6 nitrogen and oxygen atoms in total. The van der Waals surface area contributed by atoms with Crippen LogP contribution in [0.5, 0.6) is 0 Å². The van der Waals surface area contributed by atoms with E-state index in [0.29, 0.717) is 0 Å². The quantitative estimate of drug-likeness (QED) is 0.437.